The molecule has 6 nitrogen and oxygen atoms in total. The van der Waals surface area contributed by atoms with Gasteiger partial charge in [0.1, 0.15) is 29.7 Å². The molecular formula is C18H18FNO5. The zero-order valence-electron chi connectivity index (χ0n) is 13.6. The Hall–Kier alpha value is -2.90. The number of carbonyl (C=O) groups excluding carboxylic acids is 1. The summed E-state index contributed by atoms with van der Waals surface area (Å²) < 4.78 is 29.5. The van der Waals surface area contributed by atoms with Crippen LogP contribution < -0.4 is 15.0 Å². The van der Waals surface area contributed by atoms with Crippen molar-refractivity contribution < 1.29 is 28.6 Å². The van der Waals surface area contributed by atoms with E-state index in [0.29, 0.717) is 36.0 Å². The average molecular weight is 347 g/mol. The summed E-state index contributed by atoms with van der Waals surface area (Å²) in [4.78, 5) is 11.2. The monoisotopic (exact) mass is 347 g/mol. The highest BCUT2D eigenvalue weighted by atomic mass is 19.1. The Balaban J connectivity index is 2.27. The SMILES string of the molecule is COCCOc1ccc(C=CC(=O)NO)c(Oc2cccc(F)c2)c1. The lowest BCUT2D eigenvalue weighted by Crippen LogP contribution is -2.14. The van der Waals surface area contributed by atoms with E-state index in [2.05, 4.69) is 0 Å². The van der Waals surface area contributed by atoms with Crippen molar-refractivity contribution in [3.63, 3.8) is 0 Å². The average Bonchev–Trinajstić information content (AvgIpc) is 2.61. The number of carbonyl (C=O) groups is 1. The first-order chi connectivity index (χ1) is 12.1. The van der Waals surface area contributed by atoms with E-state index < -0.39 is 11.7 Å². The first kappa shape index (κ1) is 18.4. The number of ether oxygens (including phenoxy) is 3. The number of hydrogen-bond acceptors (Lipinski definition) is 5. The van der Waals surface area contributed by atoms with Gasteiger partial charge in [0.25, 0.3) is 5.91 Å². The molecule has 0 bridgehead atoms. The Morgan fingerprint density at radius 1 is 1.20 bits per heavy atom. The molecule has 25 heavy (non-hydrogen) atoms. The maximum absolute atomic E-state index is 13.3. The van der Waals surface area contributed by atoms with Gasteiger partial charge in [0.15, 0.2) is 0 Å². The van der Waals surface area contributed by atoms with Gasteiger partial charge >= 0.3 is 0 Å². The third kappa shape index (κ3) is 5.91. The molecule has 2 aromatic carbocycles. The second-order valence-corrected chi connectivity index (χ2v) is 4.91. The van der Waals surface area contributed by atoms with Crippen LogP contribution >= 0.6 is 0 Å². The van der Waals surface area contributed by atoms with Crippen molar-refractivity contribution in [2.24, 2.45) is 0 Å². The molecule has 0 spiro atoms. The highest BCUT2D eigenvalue weighted by Crippen LogP contribution is 2.30. The van der Waals surface area contributed by atoms with E-state index in [1.54, 1.807) is 31.4 Å². The molecule has 0 radical (unpaired) electrons. The summed E-state index contributed by atoms with van der Waals surface area (Å²) in [5.41, 5.74) is 2.05. The lowest BCUT2D eigenvalue weighted by Gasteiger charge is -2.12. The van der Waals surface area contributed by atoms with Crippen LogP contribution in [0.25, 0.3) is 6.08 Å². The van der Waals surface area contributed by atoms with Crippen LogP contribution in [0.3, 0.4) is 0 Å². The number of hydroxylamine groups is 1. The third-order valence-electron chi connectivity index (χ3n) is 3.09. The van der Waals surface area contributed by atoms with Gasteiger partial charge in [0, 0.05) is 30.9 Å². The maximum Gasteiger partial charge on any atom is 0.267 e. The van der Waals surface area contributed by atoms with Crippen LogP contribution in [0.1, 0.15) is 5.56 Å². The number of benzene rings is 2. The molecule has 2 N–H and O–H groups in total. The van der Waals surface area contributed by atoms with Gasteiger partial charge in [-0.3, -0.25) is 10.0 Å². The summed E-state index contributed by atoms with van der Waals surface area (Å²) in [6.07, 6.45) is 2.60. The van der Waals surface area contributed by atoms with Gasteiger partial charge in [-0.15, -0.1) is 0 Å². The minimum absolute atomic E-state index is 0.301. The highest BCUT2D eigenvalue weighted by molar-refractivity contribution is 5.91. The van der Waals surface area contributed by atoms with E-state index in [0.717, 1.165) is 6.08 Å². The zero-order chi connectivity index (χ0) is 18.1. The van der Waals surface area contributed by atoms with Gasteiger partial charge in [-0.05, 0) is 30.3 Å². The number of methoxy groups -OCH3 is 1. The van der Waals surface area contributed by atoms with Crippen LogP contribution in [-0.4, -0.2) is 31.4 Å². The number of rotatable bonds is 8. The standard InChI is InChI=1S/C18H18FNO5/c1-23-9-10-24-15-7-5-13(6-8-18(21)20-22)17(12-15)25-16-4-2-3-14(19)11-16/h2-8,11-12,22H,9-10H2,1H3,(H,20,21). The van der Waals surface area contributed by atoms with E-state index >= 15 is 0 Å². The first-order valence-electron chi connectivity index (χ1n) is 7.43. The Morgan fingerprint density at radius 3 is 2.76 bits per heavy atom. The molecule has 0 atom stereocenters. The summed E-state index contributed by atoms with van der Waals surface area (Å²) in [6, 6.07) is 10.7. The zero-order valence-corrected chi connectivity index (χ0v) is 13.6. The Labute approximate surface area is 144 Å². The lowest BCUT2D eigenvalue weighted by atomic mass is 10.1. The van der Waals surface area contributed by atoms with Gasteiger partial charge in [-0.1, -0.05) is 6.07 Å². The van der Waals surface area contributed by atoms with Gasteiger partial charge < -0.3 is 14.2 Å². The molecule has 1 amide bonds. The van der Waals surface area contributed by atoms with Crippen molar-refractivity contribution in [2.75, 3.05) is 20.3 Å². The smallest absolute Gasteiger partial charge is 0.267 e. The van der Waals surface area contributed by atoms with Crippen molar-refractivity contribution in [1.82, 2.24) is 5.48 Å². The number of amides is 1. The Bertz CT molecular complexity index is 748. The molecule has 0 unspecified atom stereocenters. The fraction of sp³-hybridized carbons (Fsp3) is 0.167. The summed E-state index contributed by atoms with van der Waals surface area (Å²) in [6.45, 7) is 0.788. The van der Waals surface area contributed by atoms with Gasteiger partial charge in [-0.2, -0.15) is 0 Å². The van der Waals surface area contributed by atoms with E-state index in [1.165, 1.54) is 29.8 Å². The number of nitrogens with one attached hydrogen (secondary N) is 1. The normalized spacial score (nSPS) is 10.7. The molecule has 0 fully saturated rings. The van der Waals surface area contributed by atoms with Crippen LogP contribution in [-0.2, 0) is 9.53 Å². The predicted octanol–water partition coefficient (Wildman–Crippen LogP) is 3.16. The van der Waals surface area contributed by atoms with Crippen molar-refractivity contribution >= 4 is 12.0 Å². The molecule has 0 heterocycles. The lowest BCUT2D eigenvalue weighted by molar-refractivity contribution is -0.124. The molecular weight excluding hydrogens is 329 g/mol. The Kier molecular flexibility index (Phi) is 6.94. The molecule has 7 heteroatoms. The van der Waals surface area contributed by atoms with Crippen molar-refractivity contribution in [3.05, 3.63) is 59.9 Å². The van der Waals surface area contributed by atoms with Gasteiger partial charge in [-0.25, -0.2) is 9.87 Å². The number of hydrogen-bond donors (Lipinski definition) is 2. The third-order valence-corrected chi connectivity index (χ3v) is 3.09. The second-order valence-electron chi connectivity index (χ2n) is 4.91. The van der Waals surface area contributed by atoms with Crippen LogP contribution in [0.15, 0.2) is 48.5 Å². The van der Waals surface area contributed by atoms with E-state index in [-0.39, 0.29) is 0 Å². The fourth-order valence-electron chi connectivity index (χ4n) is 1.93. The first-order valence-corrected chi connectivity index (χ1v) is 7.43. The second kappa shape index (κ2) is 9.41. The predicted molar refractivity (Wildman–Crippen MR) is 89.3 cm³/mol. The largest absolute Gasteiger partial charge is 0.491 e. The summed E-state index contributed by atoms with van der Waals surface area (Å²) >= 11 is 0. The van der Waals surface area contributed by atoms with E-state index in [9.17, 15) is 9.18 Å². The summed E-state index contributed by atoms with van der Waals surface area (Å²) in [5.74, 6) is 0.0869. The quantitative estimate of drug-likeness (QED) is 0.332. The van der Waals surface area contributed by atoms with Crippen LogP contribution in [0.5, 0.6) is 17.2 Å². The van der Waals surface area contributed by atoms with E-state index in [4.69, 9.17) is 19.4 Å². The van der Waals surface area contributed by atoms with Crippen molar-refractivity contribution in [3.8, 4) is 17.2 Å². The molecule has 0 saturated heterocycles. The summed E-state index contributed by atoms with van der Waals surface area (Å²) in [5, 5.41) is 8.56. The van der Waals surface area contributed by atoms with Crippen LogP contribution in [0.4, 0.5) is 4.39 Å². The Morgan fingerprint density at radius 2 is 2.04 bits per heavy atom. The van der Waals surface area contributed by atoms with Gasteiger partial charge in [0.2, 0.25) is 0 Å². The van der Waals surface area contributed by atoms with Crippen LogP contribution in [0, 0.1) is 5.82 Å². The van der Waals surface area contributed by atoms with Crippen LogP contribution in [0.2, 0.25) is 0 Å². The summed E-state index contributed by atoms with van der Waals surface area (Å²) in [7, 11) is 1.57. The van der Waals surface area contributed by atoms with Gasteiger partial charge in [0.05, 0.1) is 6.61 Å². The van der Waals surface area contributed by atoms with Crippen molar-refractivity contribution in [1.29, 1.82) is 0 Å². The molecule has 0 aliphatic rings. The minimum atomic E-state index is -0.683. The molecule has 0 aliphatic carbocycles. The number of halogens is 1. The topological polar surface area (TPSA) is 77.0 Å². The maximum atomic E-state index is 13.3. The minimum Gasteiger partial charge on any atom is -0.491 e. The molecule has 0 aliphatic heterocycles. The molecule has 0 aromatic heterocycles. The molecule has 2 rings (SSSR count). The highest BCUT2D eigenvalue weighted by Gasteiger charge is 2.07. The molecule has 2 aromatic rings. The molecule has 132 valence electrons. The van der Waals surface area contributed by atoms with E-state index in [1.807, 2.05) is 0 Å². The fourth-order valence-corrected chi connectivity index (χ4v) is 1.93. The molecule has 0 saturated carbocycles. The van der Waals surface area contributed by atoms with Crippen molar-refractivity contribution in [2.45, 2.75) is 0 Å².